The Kier molecular flexibility index (Phi) is 5.48. The number of likely N-dealkylation sites (N-methyl/N-ethyl adjacent to an activating group) is 1. The lowest BCUT2D eigenvalue weighted by Gasteiger charge is -2.17. The number of hydrogen-bond donors (Lipinski definition) is 2. The van der Waals surface area contributed by atoms with Crippen molar-refractivity contribution in [2.75, 3.05) is 20.1 Å². The summed E-state index contributed by atoms with van der Waals surface area (Å²) in [4.78, 5) is 47.8. The van der Waals surface area contributed by atoms with Gasteiger partial charge in [0.15, 0.2) is 0 Å². The highest BCUT2D eigenvalue weighted by Gasteiger charge is 2.35. The zero-order chi connectivity index (χ0) is 15.3. The maximum atomic E-state index is 11.7. The number of rotatable bonds is 7. The van der Waals surface area contributed by atoms with E-state index in [2.05, 4.69) is 5.32 Å². The fourth-order valence-electron chi connectivity index (χ4n) is 1.87. The molecule has 1 aliphatic rings. The van der Waals surface area contributed by atoms with Crippen molar-refractivity contribution in [3.8, 4) is 0 Å². The van der Waals surface area contributed by atoms with Gasteiger partial charge in [-0.15, -0.1) is 0 Å². The van der Waals surface area contributed by atoms with Crippen molar-refractivity contribution < 1.29 is 24.3 Å². The number of nitrogens with zero attached hydrogens (tertiary/aromatic N) is 2. The Bertz CT molecular complexity index is 423. The van der Waals surface area contributed by atoms with Crippen LogP contribution in [-0.2, 0) is 14.4 Å². The summed E-state index contributed by atoms with van der Waals surface area (Å²) >= 11 is 0. The van der Waals surface area contributed by atoms with E-state index in [0.717, 1.165) is 11.3 Å². The van der Waals surface area contributed by atoms with Crippen LogP contribution in [0, 0.1) is 0 Å². The number of carbonyl (C=O) groups is 4. The molecule has 0 spiro atoms. The fraction of sp³-hybridized carbons (Fsp3) is 0.667. The molecule has 20 heavy (non-hydrogen) atoms. The smallest absolute Gasteiger partial charge is 0.327 e. The molecule has 0 bridgehead atoms. The number of unbranched alkanes of at least 4 members (excludes halogenated alkanes) is 1. The summed E-state index contributed by atoms with van der Waals surface area (Å²) in [6.45, 7) is 1.40. The molecule has 0 saturated carbocycles. The molecule has 0 aliphatic carbocycles. The summed E-state index contributed by atoms with van der Waals surface area (Å²) in [5, 5.41) is 11.3. The molecule has 8 heteroatoms. The van der Waals surface area contributed by atoms with Gasteiger partial charge in [0.2, 0.25) is 5.91 Å². The number of carboxylic acid groups (broad SMARTS) is 1. The molecule has 1 rings (SSSR count). The van der Waals surface area contributed by atoms with E-state index in [1.165, 1.54) is 11.9 Å². The number of amides is 4. The quantitative estimate of drug-likeness (QED) is 0.621. The first-order valence-corrected chi connectivity index (χ1v) is 6.44. The van der Waals surface area contributed by atoms with Crippen LogP contribution < -0.4 is 5.32 Å². The van der Waals surface area contributed by atoms with Gasteiger partial charge in [0.25, 0.3) is 5.91 Å². The normalized spacial score (nSPS) is 16.5. The third kappa shape index (κ3) is 3.94. The van der Waals surface area contributed by atoms with Crippen LogP contribution in [0.15, 0.2) is 0 Å². The number of nitrogens with one attached hydrogen (secondary N) is 1. The molecule has 0 radical (unpaired) electrons. The van der Waals surface area contributed by atoms with Crippen LogP contribution >= 0.6 is 0 Å². The van der Waals surface area contributed by atoms with Gasteiger partial charge in [-0.25, -0.2) is 9.59 Å². The van der Waals surface area contributed by atoms with Crippen molar-refractivity contribution in [3.05, 3.63) is 0 Å². The molecule has 112 valence electrons. The Morgan fingerprint density at radius 3 is 2.50 bits per heavy atom. The Labute approximate surface area is 116 Å². The number of urea groups is 1. The van der Waals surface area contributed by atoms with Crippen LogP contribution in [0.4, 0.5) is 4.79 Å². The molecule has 1 aliphatic heterocycles. The van der Waals surface area contributed by atoms with E-state index >= 15 is 0 Å². The molecule has 1 saturated heterocycles. The van der Waals surface area contributed by atoms with Gasteiger partial charge >= 0.3 is 12.0 Å². The van der Waals surface area contributed by atoms with Crippen molar-refractivity contribution in [3.63, 3.8) is 0 Å². The Hall–Kier alpha value is -2.12. The van der Waals surface area contributed by atoms with Gasteiger partial charge < -0.3 is 15.3 Å². The number of hydrogen-bond acceptors (Lipinski definition) is 4. The lowest BCUT2D eigenvalue weighted by atomic mass is 10.1. The largest absolute Gasteiger partial charge is 0.480 e. The minimum absolute atomic E-state index is 0.0652. The second-order valence-corrected chi connectivity index (χ2v) is 4.72. The summed E-state index contributed by atoms with van der Waals surface area (Å²) in [6, 6.07) is -1.54. The number of carbonyl (C=O) groups excluding carboxylic acids is 3. The van der Waals surface area contributed by atoms with Gasteiger partial charge in [-0.05, 0) is 6.42 Å². The van der Waals surface area contributed by atoms with Gasteiger partial charge in [0.1, 0.15) is 19.1 Å². The highest BCUT2D eigenvalue weighted by atomic mass is 16.4. The van der Waals surface area contributed by atoms with Crippen molar-refractivity contribution in [2.24, 2.45) is 0 Å². The first-order valence-electron chi connectivity index (χ1n) is 6.44. The van der Waals surface area contributed by atoms with Crippen LogP contribution in [0.5, 0.6) is 0 Å². The third-order valence-electron chi connectivity index (χ3n) is 3.01. The molecular weight excluding hydrogens is 266 g/mol. The van der Waals surface area contributed by atoms with E-state index in [1.54, 1.807) is 0 Å². The Morgan fingerprint density at radius 1 is 1.40 bits per heavy atom. The lowest BCUT2D eigenvalue weighted by molar-refractivity contribution is -0.142. The predicted molar refractivity (Wildman–Crippen MR) is 68.8 cm³/mol. The van der Waals surface area contributed by atoms with Gasteiger partial charge in [0.05, 0.1) is 0 Å². The fourth-order valence-corrected chi connectivity index (χ4v) is 1.87. The van der Waals surface area contributed by atoms with Crippen molar-refractivity contribution in [1.29, 1.82) is 0 Å². The molecule has 1 heterocycles. The van der Waals surface area contributed by atoms with Gasteiger partial charge in [-0.3, -0.25) is 14.5 Å². The molecule has 0 aromatic heterocycles. The van der Waals surface area contributed by atoms with Crippen molar-refractivity contribution in [1.82, 2.24) is 15.1 Å². The average molecular weight is 285 g/mol. The topological polar surface area (TPSA) is 107 Å². The third-order valence-corrected chi connectivity index (χ3v) is 3.01. The zero-order valence-corrected chi connectivity index (χ0v) is 11.6. The van der Waals surface area contributed by atoms with E-state index in [4.69, 9.17) is 5.11 Å². The highest BCUT2D eigenvalue weighted by Crippen LogP contribution is 2.07. The highest BCUT2D eigenvalue weighted by molar-refractivity contribution is 6.04. The number of carboxylic acids is 1. The maximum absolute atomic E-state index is 11.7. The Balaban J connectivity index is 2.55. The maximum Gasteiger partial charge on any atom is 0.327 e. The van der Waals surface area contributed by atoms with Crippen LogP contribution in [0.25, 0.3) is 0 Å². The summed E-state index contributed by atoms with van der Waals surface area (Å²) < 4.78 is 0. The van der Waals surface area contributed by atoms with E-state index in [9.17, 15) is 19.2 Å². The molecule has 0 aromatic carbocycles. The second kappa shape index (κ2) is 6.88. The van der Waals surface area contributed by atoms with Crippen molar-refractivity contribution >= 4 is 23.8 Å². The van der Waals surface area contributed by atoms with Crippen LogP contribution in [0.3, 0.4) is 0 Å². The second-order valence-electron chi connectivity index (χ2n) is 4.72. The first-order chi connectivity index (χ1) is 9.36. The van der Waals surface area contributed by atoms with Gasteiger partial charge in [0, 0.05) is 7.05 Å². The summed E-state index contributed by atoms with van der Waals surface area (Å²) in [6.07, 6.45) is 1.80. The predicted octanol–water partition coefficient (Wildman–Crippen LogP) is -0.360. The van der Waals surface area contributed by atoms with E-state index in [-0.39, 0.29) is 6.54 Å². The molecule has 8 nitrogen and oxygen atoms in total. The number of aliphatic carboxylic acids is 1. The van der Waals surface area contributed by atoms with Crippen LogP contribution in [-0.4, -0.2) is 64.9 Å². The molecule has 1 atom stereocenters. The zero-order valence-electron chi connectivity index (χ0n) is 11.6. The van der Waals surface area contributed by atoms with E-state index in [1.807, 2.05) is 6.92 Å². The van der Waals surface area contributed by atoms with E-state index < -0.39 is 36.4 Å². The first kappa shape index (κ1) is 15.9. The lowest BCUT2D eigenvalue weighted by Crippen LogP contribution is -2.47. The SMILES string of the molecule is CCCCC(NC(=O)CN1C(=O)CN(C)C1=O)C(=O)O. The monoisotopic (exact) mass is 285 g/mol. The molecule has 0 aromatic rings. The molecule has 2 N–H and O–H groups in total. The molecule has 4 amide bonds. The van der Waals surface area contributed by atoms with Crippen molar-refractivity contribution in [2.45, 2.75) is 32.2 Å². The molecule has 1 fully saturated rings. The summed E-state index contributed by atoms with van der Waals surface area (Å²) in [5.74, 6) is -2.23. The van der Waals surface area contributed by atoms with E-state index in [0.29, 0.717) is 12.8 Å². The molecular formula is C12H19N3O5. The Morgan fingerprint density at radius 2 is 2.05 bits per heavy atom. The van der Waals surface area contributed by atoms with Gasteiger partial charge in [-0.1, -0.05) is 19.8 Å². The van der Waals surface area contributed by atoms with Gasteiger partial charge in [-0.2, -0.15) is 0 Å². The minimum atomic E-state index is -1.12. The summed E-state index contributed by atoms with van der Waals surface area (Å²) in [5.41, 5.74) is 0. The molecule has 1 unspecified atom stereocenters. The standard InChI is InChI=1S/C12H19N3O5/c1-3-4-5-8(11(18)19)13-9(16)6-15-10(17)7-14(2)12(15)20/h8H,3-7H2,1-2H3,(H,13,16)(H,18,19). The minimum Gasteiger partial charge on any atom is -0.480 e. The summed E-state index contributed by atoms with van der Waals surface area (Å²) in [7, 11) is 1.46. The van der Waals surface area contributed by atoms with Crippen LogP contribution in [0.1, 0.15) is 26.2 Å². The number of imide groups is 1. The van der Waals surface area contributed by atoms with Crippen LogP contribution in [0.2, 0.25) is 0 Å². The average Bonchev–Trinajstić information content (AvgIpc) is 2.61.